The molecule has 0 aliphatic carbocycles. The summed E-state index contributed by atoms with van der Waals surface area (Å²) in [5.41, 5.74) is 2.19. The number of benzene rings is 1. The van der Waals surface area contributed by atoms with Crippen molar-refractivity contribution in [2.75, 3.05) is 5.32 Å². The molecule has 1 amide bonds. The first kappa shape index (κ1) is 12.8. The van der Waals surface area contributed by atoms with E-state index in [-0.39, 0.29) is 18.3 Å². The molecule has 1 aromatic heterocycles. The van der Waals surface area contributed by atoms with Gasteiger partial charge >= 0.3 is 0 Å². The first-order valence-electron chi connectivity index (χ1n) is 4.50. The zero-order chi connectivity index (χ0) is 11.0. The van der Waals surface area contributed by atoms with Crippen LogP contribution in [0.1, 0.15) is 12.7 Å². The molecule has 0 radical (unpaired) electrons. The Morgan fingerprint density at radius 2 is 2.19 bits per heavy atom. The van der Waals surface area contributed by atoms with Gasteiger partial charge in [-0.15, -0.1) is 12.4 Å². The smallest absolute Gasteiger partial charge is 0.221 e. The molecule has 0 atom stereocenters. The minimum atomic E-state index is -0.140. The van der Waals surface area contributed by atoms with Gasteiger partial charge in [-0.1, -0.05) is 11.6 Å². The number of nitrogens with zero attached hydrogens (tertiary/aromatic N) is 1. The molecule has 2 rings (SSSR count). The van der Waals surface area contributed by atoms with Crippen molar-refractivity contribution in [3.8, 4) is 0 Å². The van der Waals surface area contributed by atoms with E-state index in [1.54, 1.807) is 12.1 Å². The molecule has 4 nitrogen and oxygen atoms in total. The van der Waals surface area contributed by atoms with Gasteiger partial charge in [-0.2, -0.15) is 0 Å². The third kappa shape index (κ3) is 2.46. The van der Waals surface area contributed by atoms with Crippen molar-refractivity contribution < 1.29 is 4.79 Å². The Balaban J connectivity index is 0.00000128. The van der Waals surface area contributed by atoms with Crippen LogP contribution in [0.25, 0.3) is 11.0 Å². The number of hydrogen-bond donors (Lipinski definition) is 2. The van der Waals surface area contributed by atoms with Crippen molar-refractivity contribution >= 4 is 46.6 Å². The van der Waals surface area contributed by atoms with E-state index in [1.165, 1.54) is 6.92 Å². The van der Waals surface area contributed by atoms with Crippen molar-refractivity contribution in [2.45, 2.75) is 13.8 Å². The van der Waals surface area contributed by atoms with Crippen molar-refractivity contribution in [3.63, 3.8) is 0 Å². The molecule has 1 heterocycles. The maximum Gasteiger partial charge on any atom is 0.221 e. The third-order valence-electron chi connectivity index (χ3n) is 1.98. The van der Waals surface area contributed by atoms with Crippen LogP contribution in [-0.4, -0.2) is 15.9 Å². The lowest BCUT2D eigenvalue weighted by Gasteiger charge is -2.03. The molecule has 2 aromatic rings. The van der Waals surface area contributed by atoms with Gasteiger partial charge in [0, 0.05) is 11.9 Å². The highest BCUT2D eigenvalue weighted by atomic mass is 35.5. The number of amides is 1. The van der Waals surface area contributed by atoms with Gasteiger partial charge in [-0.25, -0.2) is 4.98 Å². The van der Waals surface area contributed by atoms with E-state index >= 15 is 0 Å². The van der Waals surface area contributed by atoms with Crippen LogP contribution >= 0.6 is 24.0 Å². The summed E-state index contributed by atoms with van der Waals surface area (Å²) >= 11 is 5.92. The highest BCUT2D eigenvalue weighted by molar-refractivity contribution is 6.31. The maximum atomic E-state index is 11.0. The third-order valence-corrected chi connectivity index (χ3v) is 2.20. The quantitative estimate of drug-likeness (QED) is 0.828. The van der Waals surface area contributed by atoms with Crippen molar-refractivity contribution in [1.29, 1.82) is 0 Å². The van der Waals surface area contributed by atoms with E-state index in [0.29, 0.717) is 10.7 Å². The number of carbonyl (C=O) groups excluding carboxylic acids is 1. The van der Waals surface area contributed by atoms with E-state index < -0.39 is 0 Å². The number of imidazole rings is 1. The Kier molecular flexibility index (Phi) is 3.78. The summed E-state index contributed by atoms with van der Waals surface area (Å²) in [5.74, 6) is 0.651. The lowest BCUT2D eigenvalue weighted by atomic mass is 10.2. The summed E-state index contributed by atoms with van der Waals surface area (Å²) in [6.07, 6.45) is 0. The van der Waals surface area contributed by atoms with E-state index in [2.05, 4.69) is 15.3 Å². The minimum Gasteiger partial charge on any atom is -0.342 e. The van der Waals surface area contributed by atoms with Crippen LogP contribution < -0.4 is 5.32 Å². The average Bonchev–Trinajstić information content (AvgIpc) is 2.44. The highest BCUT2D eigenvalue weighted by Gasteiger charge is 2.08. The van der Waals surface area contributed by atoms with Crippen LogP contribution in [0.5, 0.6) is 0 Å². The summed E-state index contributed by atoms with van der Waals surface area (Å²) in [4.78, 5) is 18.3. The van der Waals surface area contributed by atoms with Crippen LogP contribution in [0.4, 0.5) is 5.69 Å². The van der Waals surface area contributed by atoms with Crippen molar-refractivity contribution in [1.82, 2.24) is 9.97 Å². The standard InChI is InChI=1S/C10H10ClN3O.ClH/c1-5-12-8-3-7(11)4-9(10(8)13-5)14-6(2)15;/h3-4H,1-2H3,(H,12,13)(H,14,15);1H. The number of carbonyl (C=O) groups is 1. The van der Waals surface area contributed by atoms with Gasteiger partial charge in [0.1, 0.15) is 11.3 Å². The number of rotatable bonds is 1. The van der Waals surface area contributed by atoms with Crippen LogP contribution in [0, 0.1) is 6.92 Å². The Bertz CT molecular complexity index is 536. The number of nitrogens with one attached hydrogen (secondary N) is 2. The molecule has 0 bridgehead atoms. The number of H-pyrrole nitrogens is 1. The minimum absolute atomic E-state index is 0. The molecular weight excluding hydrogens is 249 g/mol. The summed E-state index contributed by atoms with van der Waals surface area (Å²) in [5, 5.41) is 3.26. The SMILES string of the molecule is CC(=O)Nc1cc(Cl)cc2[nH]c(C)nc12.Cl. The van der Waals surface area contributed by atoms with Gasteiger partial charge in [0.15, 0.2) is 0 Å². The first-order valence-corrected chi connectivity index (χ1v) is 4.87. The van der Waals surface area contributed by atoms with Crippen LogP contribution in [-0.2, 0) is 4.79 Å². The molecule has 6 heteroatoms. The lowest BCUT2D eigenvalue weighted by Crippen LogP contribution is -2.06. The van der Waals surface area contributed by atoms with Crippen LogP contribution in [0.2, 0.25) is 5.02 Å². The maximum absolute atomic E-state index is 11.0. The van der Waals surface area contributed by atoms with Gasteiger partial charge in [0.25, 0.3) is 0 Å². The molecule has 0 unspecified atom stereocenters. The molecule has 16 heavy (non-hydrogen) atoms. The Hall–Kier alpha value is -1.26. The molecule has 0 aliphatic rings. The number of anilines is 1. The molecule has 86 valence electrons. The number of aromatic nitrogens is 2. The second kappa shape index (κ2) is 4.72. The molecule has 0 aliphatic heterocycles. The summed E-state index contributed by atoms with van der Waals surface area (Å²) in [6.45, 7) is 3.30. The topological polar surface area (TPSA) is 57.8 Å². The van der Waals surface area contributed by atoms with Crippen LogP contribution in [0.3, 0.4) is 0 Å². The monoisotopic (exact) mass is 259 g/mol. The van der Waals surface area contributed by atoms with Gasteiger partial charge in [-0.05, 0) is 19.1 Å². The number of aryl methyl sites for hydroxylation is 1. The van der Waals surface area contributed by atoms with E-state index in [1.807, 2.05) is 6.92 Å². The summed E-state index contributed by atoms with van der Waals surface area (Å²) in [7, 11) is 0. The molecule has 0 fully saturated rings. The van der Waals surface area contributed by atoms with Gasteiger partial charge < -0.3 is 10.3 Å². The number of halogens is 2. The molecule has 0 saturated carbocycles. The van der Waals surface area contributed by atoms with E-state index in [9.17, 15) is 4.79 Å². The largest absolute Gasteiger partial charge is 0.342 e. The second-order valence-electron chi connectivity index (χ2n) is 3.35. The molecule has 0 saturated heterocycles. The van der Waals surface area contributed by atoms with Crippen molar-refractivity contribution in [2.24, 2.45) is 0 Å². The molecular formula is C10H11Cl2N3O. The normalized spacial score (nSPS) is 9.94. The fourth-order valence-electron chi connectivity index (χ4n) is 1.49. The van der Waals surface area contributed by atoms with E-state index in [4.69, 9.17) is 11.6 Å². The zero-order valence-electron chi connectivity index (χ0n) is 8.80. The molecule has 0 spiro atoms. The number of hydrogen-bond acceptors (Lipinski definition) is 2. The molecule has 2 N–H and O–H groups in total. The first-order chi connectivity index (χ1) is 7.06. The Morgan fingerprint density at radius 3 is 2.81 bits per heavy atom. The van der Waals surface area contributed by atoms with E-state index in [0.717, 1.165) is 16.9 Å². The number of fused-ring (bicyclic) bond motifs is 1. The Labute approximate surface area is 104 Å². The predicted octanol–water partition coefficient (Wildman–Crippen LogP) is 2.90. The summed E-state index contributed by atoms with van der Waals surface area (Å²) < 4.78 is 0. The van der Waals surface area contributed by atoms with Crippen LogP contribution in [0.15, 0.2) is 12.1 Å². The van der Waals surface area contributed by atoms with Gasteiger partial charge in [0.2, 0.25) is 5.91 Å². The second-order valence-corrected chi connectivity index (χ2v) is 3.79. The Morgan fingerprint density at radius 1 is 1.50 bits per heavy atom. The highest BCUT2D eigenvalue weighted by Crippen LogP contribution is 2.26. The fraction of sp³-hybridized carbons (Fsp3) is 0.200. The zero-order valence-corrected chi connectivity index (χ0v) is 10.4. The van der Waals surface area contributed by atoms with Gasteiger partial charge in [-0.3, -0.25) is 4.79 Å². The van der Waals surface area contributed by atoms with Gasteiger partial charge in [0.05, 0.1) is 11.2 Å². The lowest BCUT2D eigenvalue weighted by molar-refractivity contribution is -0.114. The number of aromatic amines is 1. The average molecular weight is 260 g/mol. The van der Waals surface area contributed by atoms with Crippen molar-refractivity contribution in [3.05, 3.63) is 23.0 Å². The predicted molar refractivity (Wildman–Crippen MR) is 67.4 cm³/mol. The summed E-state index contributed by atoms with van der Waals surface area (Å²) in [6, 6.07) is 3.47. The fourth-order valence-corrected chi connectivity index (χ4v) is 1.71. The molecule has 1 aromatic carbocycles.